The number of amides is 1. The number of hydrogen-bond acceptors (Lipinski definition) is 2. The summed E-state index contributed by atoms with van der Waals surface area (Å²) in [6.07, 6.45) is -0.198. The third kappa shape index (κ3) is 4.77. The van der Waals surface area contributed by atoms with Gasteiger partial charge in [-0.25, -0.2) is 4.79 Å². The van der Waals surface area contributed by atoms with Crippen molar-refractivity contribution >= 4 is 17.7 Å². The van der Waals surface area contributed by atoms with E-state index in [-0.39, 0.29) is 18.5 Å². The number of carbonyl (C=O) groups is 1. The van der Waals surface area contributed by atoms with Crippen LogP contribution in [0.3, 0.4) is 0 Å². The van der Waals surface area contributed by atoms with E-state index in [1.165, 1.54) is 5.56 Å². The molecule has 1 aromatic carbocycles. The Morgan fingerprint density at radius 2 is 1.95 bits per heavy atom. The van der Waals surface area contributed by atoms with Crippen LogP contribution in [0.15, 0.2) is 24.3 Å². The fourth-order valence-corrected chi connectivity index (χ4v) is 2.74. The molecule has 0 atom stereocenters. The number of rotatable bonds is 3. The molecule has 0 bridgehead atoms. The van der Waals surface area contributed by atoms with Gasteiger partial charge >= 0.3 is 6.09 Å². The zero-order chi connectivity index (χ0) is 14.6. The van der Waals surface area contributed by atoms with Crippen molar-refractivity contribution in [3.63, 3.8) is 0 Å². The summed E-state index contributed by atoms with van der Waals surface area (Å²) in [7, 11) is 2.21. The minimum absolute atomic E-state index is 0. The Morgan fingerprint density at radius 3 is 2.52 bits per heavy atom. The molecule has 2 rings (SSSR count). The lowest BCUT2D eigenvalue weighted by molar-refractivity contribution is -0.926. The minimum atomic E-state index is -0.198. The van der Waals surface area contributed by atoms with Gasteiger partial charge in [-0.15, -0.1) is 0 Å². The van der Waals surface area contributed by atoms with Gasteiger partial charge in [-0.05, 0) is 13.0 Å². The SMILES string of the molecule is CCOC(=O)N1CC[N+](C)(Cc2ccccc2Cl)CC1.[Cl-]. The molecule has 1 aliphatic heterocycles. The Morgan fingerprint density at radius 1 is 1.33 bits per heavy atom. The molecule has 1 saturated heterocycles. The fourth-order valence-electron chi connectivity index (χ4n) is 2.54. The molecule has 0 aromatic heterocycles. The topological polar surface area (TPSA) is 29.5 Å². The van der Waals surface area contributed by atoms with Crippen molar-refractivity contribution in [1.82, 2.24) is 4.90 Å². The van der Waals surface area contributed by atoms with Crippen molar-refractivity contribution in [3.8, 4) is 0 Å². The van der Waals surface area contributed by atoms with Gasteiger partial charge < -0.3 is 21.6 Å². The van der Waals surface area contributed by atoms with E-state index in [0.29, 0.717) is 6.61 Å². The Kier molecular flexibility index (Phi) is 6.78. The Labute approximate surface area is 137 Å². The zero-order valence-electron chi connectivity index (χ0n) is 12.5. The first-order chi connectivity index (χ1) is 9.54. The molecule has 0 unspecified atom stereocenters. The number of likely N-dealkylation sites (N-methyl/N-ethyl adjacent to an activating group) is 1. The van der Waals surface area contributed by atoms with Gasteiger partial charge in [-0.3, -0.25) is 4.90 Å². The summed E-state index contributed by atoms with van der Waals surface area (Å²) in [6, 6.07) is 7.97. The van der Waals surface area contributed by atoms with Crippen LogP contribution in [0.4, 0.5) is 4.79 Å². The number of benzene rings is 1. The van der Waals surface area contributed by atoms with E-state index in [4.69, 9.17) is 16.3 Å². The second-order valence-electron chi connectivity index (χ2n) is 5.50. The third-order valence-corrected chi connectivity index (χ3v) is 4.22. The summed E-state index contributed by atoms with van der Waals surface area (Å²) < 4.78 is 5.95. The average molecular weight is 333 g/mol. The largest absolute Gasteiger partial charge is 1.00 e. The maximum atomic E-state index is 11.7. The summed E-state index contributed by atoms with van der Waals surface area (Å²) >= 11 is 6.23. The Balaban J connectivity index is 0.00000220. The zero-order valence-corrected chi connectivity index (χ0v) is 14.0. The lowest BCUT2D eigenvalue weighted by Crippen LogP contribution is -3.00. The number of quaternary nitrogens is 1. The molecule has 1 aromatic rings. The summed E-state index contributed by atoms with van der Waals surface area (Å²) in [6.45, 7) is 6.48. The van der Waals surface area contributed by atoms with Gasteiger partial charge in [0.1, 0.15) is 6.54 Å². The Bertz CT molecular complexity index is 474. The van der Waals surface area contributed by atoms with Gasteiger partial charge in [0, 0.05) is 10.6 Å². The highest BCUT2D eigenvalue weighted by Gasteiger charge is 2.31. The Hall–Kier alpha value is -0.970. The van der Waals surface area contributed by atoms with Gasteiger partial charge in [0.2, 0.25) is 0 Å². The normalized spacial score (nSPS) is 17.0. The molecule has 118 valence electrons. The van der Waals surface area contributed by atoms with Crippen molar-refractivity contribution in [2.45, 2.75) is 13.5 Å². The molecule has 1 amide bonds. The number of ether oxygens (including phenoxy) is 1. The molecule has 0 radical (unpaired) electrons. The quantitative estimate of drug-likeness (QED) is 0.715. The van der Waals surface area contributed by atoms with Crippen molar-refractivity contribution in [1.29, 1.82) is 0 Å². The van der Waals surface area contributed by atoms with Crippen LogP contribution in [-0.4, -0.2) is 55.3 Å². The smallest absolute Gasteiger partial charge is 0.410 e. The summed E-state index contributed by atoms with van der Waals surface area (Å²) in [4.78, 5) is 13.5. The van der Waals surface area contributed by atoms with Crippen LogP contribution in [0.1, 0.15) is 12.5 Å². The second-order valence-corrected chi connectivity index (χ2v) is 5.91. The number of carbonyl (C=O) groups excluding carboxylic acids is 1. The van der Waals surface area contributed by atoms with Gasteiger partial charge in [-0.1, -0.05) is 29.8 Å². The molecule has 6 heteroatoms. The highest BCUT2D eigenvalue weighted by molar-refractivity contribution is 6.31. The molecule has 0 N–H and O–H groups in total. The van der Waals surface area contributed by atoms with Crippen LogP contribution in [-0.2, 0) is 11.3 Å². The molecule has 1 fully saturated rings. The van der Waals surface area contributed by atoms with Crippen molar-refractivity contribution in [2.75, 3.05) is 39.8 Å². The predicted molar refractivity (Wildman–Crippen MR) is 79.7 cm³/mol. The lowest BCUT2D eigenvalue weighted by Gasteiger charge is -2.41. The molecule has 0 aliphatic carbocycles. The summed E-state index contributed by atoms with van der Waals surface area (Å²) in [5.41, 5.74) is 1.17. The van der Waals surface area contributed by atoms with Gasteiger partial charge in [0.25, 0.3) is 0 Å². The van der Waals surface area contributed by atoms with Crippen molar-refractivity contribution < 1.29 is 26.4 Å². The van der Waals surface area contributed by atoms with E-state index in [1.807, 2.05) is 25.1 Å². The second kappa shape index (κ2) is 7.87. The first kappa shape index (κ1) is 18.1. The number of piperazine rings is 1. The fraction of sp³-hybridized carbons (Fsp3) is 0.533. The van der Waals surface area contributed by atoms with Crippen LogP contribution in [0.25, 0.3) is 0 Å². The minimum Gasteiger partial charge on any atom is -1.00 e. The number of halogens is 2. The molecular weight excluding hydrogens is 311 g/mol. The molecule has 0 saturated carbocycles. The molecule has 21 heavy (non-hydrogen) atoms. The predicted octanol–water partition coefficient (Wildman–Crippen LogP) is -0.237. The first-order valence-corrected chi connectivity index (χ1v) is 7.40. The van der Waals surface area contributed by atoms with Crippen LogP contribution in [0.5, 0.6) is 0 Å². The van der Waals surface area contributed by atoms with Crippen molar-refractivity contribution in [3.05, 3.63) is 34.9 Å². The highest BCUT2D eigenvalue weighted by Crippen LogP contribution is 2.22. The third-order valence-electron chi connectivity index (χ3n) is 3.86. The van der Waals surface area contributed by atoms with E-state index >= 15 is 0 Å². The van der Waals surface area contributed by atoms with Gasteiger partial charge in [0.05, 0.1) is 39.8 Å². The van der Waals surface area contributed by atoms with Crippen LogP contribution in [0, 0.1) is 0 Å². The summed E-state index contributed by atoms with van der Waals surface area (Å²) in [5.74, 6) is 0. The molecule has 0 spiro atoms. The molecule has 4 nitrogen and oxygen atoms in total. The maximum Gasteiger partial charge on any atom is 0.410 e. The monoisotopic (exact) mass is 332 g/mol. The standard InChI is InChI=1S/C15H22ClN2O2.ClH/c1-3-20-15(19)17-8-10-18(2,11-9-17)12-13-6-4-5-7-14(13)16;/h4-7H,3,8-12H2,1-2H3;1H/q+1;/p-1. The van der Waals surface area contributed by atoms with E-state index < -0.39 is 0 Å². The molecule has 1 heterocycles. The van der Waals surface area contributed by atoms with Crippen LogP contribution >= 0.6 is 11.6 Å². The van der Waals surface area contributed by atoms with E-state index in [2.05, 4.69) is 13.1 Å². The van der Waals surface area contributed by atoms with Crippen molar-refractivity contribution in [2.24, 2.45) is 0 Å². The van der Waals surface area contributed by atoms with Gasteiger partial charge in [0.15, 0.2) is 0 Å². The maximum absolute atomic E-state index is 11.7. The van der Waals surface area contributed by atoms with E-state index in [9.17, 15) is 4.79 Å². The van der Waals surface area contributed by atoms with Crippen LogP contribution < -0.4 is 12.4 Å². The van der Waals surface area contributed by atoms with E-state index in [1.54, 1.807) is 4.90 Å². The molecule has 1 aliphatic rings. The number of nitrogens with zero attached hydrogens (tertiary/aromatic N) is 2. The average Bonchev–Trinajstić information content (AvgIpc) is 2.42. The van der Waals surface area contributed by atoms with Crippen LogP contribution in [0.2, 0.25) is 5.02 Å². The van der Waals surface area contributed by atoms with E-state index in [0.717, 1.165) is 42.2 Å². The first-order valence-electron chi connectivity index (χ1n) is 7.03. The number of hydrogen-bond donors (Lipinski definition) is 0. The lowest BCUT2D eigenvalue weighted by atomic mass is 10.1. The van der Waals surface area contributed by atoms with Gasteiger partial charge in [-0.2, -0.15) is 0 Å². The highest BCUT2D eigenvalue weighted by atomic mass is 35.5. The molecular formula is C15H22Cl2N2O2. The summed E-state index contributed by atoms with van der Waals surface area (Å²) in [5, 5.41) is 0.819.